The third-order valence-electron chi connectivity index (χ3n) is 31.8. The molecule has 0 unspecified atom stereocenters. The molecule has 0 aromatic carbocycles. The van der Waals surface area contributed by atoms with Crippen molar-refractivity contribution in [3.05, 3.63) is 23.3 Å². The smallest absolute Gasteiger partial charge is 0.316 e. The number of aliphatic hydroxyl groups excluding tert-OH is 10. The number of ether oxygens (including phenoxy) is 7. The van der Waals surface area contributed by atoms with Crippen molar-refractivity contribution in [2.75, 3.05) is 40.6 Å². The number of hydrogen-bond donors (Lipinski definition) is 13. The summed E-state index contributed by atoms with van der Waals surface area (Å²) in [5.74, 6) is -6.75. The van der Waals surface area contributed by atoms with Crippen molar-refractivity contribution in [1.29, 1.82) is 0 Å². The molecule has 2 saturated heterocycles. The van der Waals surface area contributed by atoms with Crippen molar-refractivity contribution in [1.82, 2.24) is 0 Å². The average Bonchev–Trinajstić information content (AvgIpc) is 0.673. The number of hydrogen-bond acceptors (Lipinski definition) is 22. The predicted octanol–water partition coefficient (Wildman–Crippen LogP) is 4.23. The lowest BCUT2D eigenvalue weighted by atomic mass is 9.32. The number of allylic oxidation sites excluding steroid dienone is 2. The van der Waals surface area contributed by atoms with E-state index >= 15 is 9.59 Å². The molecule has 23 heteroatoms. The molecule has 0 bridgehead atoms. The highest BCUT2D eigenvalue weighted by Gasteiger charge is 2.78. The van der Waals surface area contributed by atoms with Gasteiger partial charge in [-0.3, -0.25) is 14.4 Å². The van der Waals surface area contributed by atoms with Gasteiger partial charge in [-0.1, -0.05) is 78.7 Å². The van der Waals surface area contributed by atoms with Crippen molar-refractivity contribution in [2.45, 2.75) is 276 Å². The number of carbonyl (C=O) groups is 3. The number of aliphatic carboxylic acids is 1. The number of methoxy groups -OCH3 is 2. The maximum atomic E-state index is 15.9. The summed E-state index contributed by atoms with van der Waals surface area (Å²) in [7, 11) is 2.83. The lowest BCUT2D eigenvalue weighted by molar-refractivity contribution is -0.313. The minimum atomic E-state index is -2.23. The summed E-state index contributed by atoms with van der Waals surface area (Å²) in [5.41, 5.74) is -11.1. The van der Waals surface area contributed by atoms with Gasteiger partial charge >= 0.3 is 17.9 Å². The van der Waals surface area contributed by atoms with Crippen molar-refractivity contribution in [3.63, 3.8) is 0 Å². The Labute approximate surface area is 571 Å². The molecule has 550 valence electrons. The van der Waals surface area contributed by atoms with Gasteiger partial charge < -0.3 is 99.5 Å². The van der Waals surface area contributed by atoms with E-state index in [0.29, 0.717) is 77.0 Å². The molecule has 12 rings (SSSR count). The first-order valence-electron chi connectivity index (χ1n) is 36.3. The van der Waals surface area contributed by atoms with Crippen molar-refractivity contribution < 1.29 is 114 Å². The molecule has 2 heterocycles. The zero-order valence-electron chi connectivity index (χ0n) is 59.4. The van der Waals surface area contributed by atoms with E-state index in [1.165, 1.54) is 14.2 Å². The van der Waals surface area contributed by atoms with Gasteiger partial charge in [0.2, 0.25) is 6.29 Å². The van der Waals surface area contributed by atoms with Crippen LogP contribution in [0.15, 0.2) is 23.3 Å². The fourth-order valence-electron chi connectivity index (χ4n) is 25.5. The van der Waals surface area contributed by atoms with E-state index in [1.54, 1.807) is 13.8 Å². The van der Waals surface area contributed by atoms with Crippen LogP contribution in [0, 0.1) is 101 Å². The summed E-state index contributed by atoms with van der Waals surface area (Å²) >= 11 is 0. The number of rotatable bonds is 13. The second-order valence-corrected chi connectivity index (χ2v) is 35.6. The Morgan fingerprint density at radius 3 is 1.57 bits per heavy atom. The first-order chi connectivity index (χ1) is 45.2. The summed E-state index contributed by atoms with van der Waals surface area (Å²) in [5, 5.41) is 153. The Hall–Kier alpha value is -2.79. The molecule has 13 N–H and O–H groups in total. The molecule has 10 aliphatic carbocycles. The van der Waals surface area contributed by atoms with Gasteiger partial charge in [-0.25, -0.2) is 0 Å². The fraction of sp³-hybridized carbons (Fsp3) is 0.905. The van der Waals surface area contributed by atoms with Gasteiger partial charge in [0.25, 0.3) is 0 Å². The summed E-state index contributed by atoms with van der Waals surface area (Å²) in [6.45, 7) is 21.1. The molecule has 23 nitrogen and oxygen atoms in total. The van der Waals surface area contributed by atoms with Gasteiger partial charge in [0.1, 0.15) is 60.4 Å². The number of carboxylic acids is 1. The van der Waals surface area contributed by atoms with Gasteiger partial charge in [-0.15, -0.1) is 0 Å². The topological polar surface area (TPSA) is 379 Å². The second-order valence-electron chi connectivity index (χ2n) is 35.6. The third-order valence-corrected chi connectivity index (χ3v) is 31.8. The van der Waals surface area contributed by atoms with Crippen molar-refractivity contribution in [3.8, 4) is 0 Å². The van der Waals surface area contributed by atoms with Crippen LogP contribution in [0.2, 0.25) is 0 Å². The van der Waals surface area contributed by atoms with Crippen molar-refractivity contribution >= 4 is 17.9 Å². The highest BCUT2D eigenvalue weighted by Crippen LogP contribution is 2.79. The third kappa shape index (κ3) is 10.0. The Morgan fingerprint density at radius 2 is 1.02 bits per heavy atom. The van der Waals surface area contributed by atoms with E-state index in [9.17, 15) is 71.2 Å². The van der Waals surface area contributed by atoms with Crippen LogP contribution in [0.4, 0.5) is 0 Å². The quantitative estimate of drug-likeness (QED) is 0.0906. The first kappa shape index (κ1) is 73.9. The summed E-state index contributed by atoms with van der Waals surface area (Å²) < 4.78 is 41.6. The highest BCUT2D eigenvalue weighted by molar-refractivity contribution is 5.82. The fourth-order valence-corrected chi connectivity index (χ4v) is 25.5. The molecular formula is C74H116O23. The van der Waals surface area contributed by atoms with Gasteiger partial charge in [0.15, 0.2) is 6.29 Å². The summed E-state index contributed by atoms with van der Waals surface area (Å²) in [6, 6.07) is 0. The Balaban J connectivity index is 0.826. The van der Waals surface area contributed by atoms with Crippen LogP contribution in [0.3, 0.4) is 0 Å². The minimum Gasteiger partial charge on any atom is -0.481 e. The molecule has 8 saturated carbocycles. The lowest BCUT2D eigenvalue weighted by Gasteiger charge is -2.72. The molecule has 0 aromatic rings. The van der Waals surface area contributed by atoms with Crippen LogP contribution in [0.5, 0.6) is 0 Å². The van der Waals surface area contributed by atoms with E-state index < -0.39 is 199 Å². The average molecular weight is 1370 g/mol. The van der Waals surface area contributed by atoms with E-state index in [0.717, 1.165) is 11.1 Å². The largest absolute Gasteiger partial charge is 0.481 e. The monoisotopic (exact) mass is 1370 g/mol. The molecule has 0 radical (unpaired) electrons. The van der Waals surface area contributed by atoms with Crippen molar-refractivity contribution in [2.24, 2.45) is 101 Å². The van der Waals surface area contributed by atoms with Crippen LogP contribution in [0.25, 0.3) is 0 Å². The highest BCUT2D eigenvalue weighted by atomic mass is 16.7. The second kappa shape index (κ2) is 24.7. The van der Waals surface area contributed by atoms with Crippen LogP contribution >= 0.6 is 0 Å². The number of carbonyl (C=O) groups excluding carboxylic acids is 2. The number of fused-ring (bicyclic) bond motifs is 14. The summed E-state index contributed by atoms with van der Waals surface area (Å²) in [6.07, 6.45) is -9.95. The zero-order valence-corrected chi connectivity index (χ0v) is 59.4. The Bertz CT molecular complexity index is 3080. The molecule has 0 spiro atoms. The standard InChI is InChI=1S/C74H116O23/c1-36-18-24-72(35-93-58-52(82)50(80)48(78)42(94-58)32-91-12)28-26-65(5)38(54(72)70(36,10)89)14-16-45-64(4)31-41(77)57(74(34-75,60(85)86)47(64)21-23-68(45,65)8)96-61(87)69(9)46-20-22-67(7)44(63(46,3)30-40(76)56(69)84)17-15-39-55-71(11,90)37(2)19-25-73(55,29-27-66(39,67)6)62(88)97-59-53(83)51(81)49(79)43(95-59)33-92-13/h14-15,36-37,40-59,75-84,89-90H,16-35H2,1-13H3,(H,85,86)/t36-,37-,40-,41-,42-,43-,44-,45-,46-,47-,48-,49-,50+,51+,52-,53-,54-,55-,56+,57-,58-,59+,63-,64-,65-,66-,67-,68-,69+,70-,71-,72-,73+,74-/m1/s1. The molecule has 2 aliphatic heterocycles. The predicted molar refractivity (Wildman–Crippen MR) is 346 cm³/mol. The maximum absolute atomic E-state index is 15.9. The minimum absolute atomic E-state index is 0.00917. The van der Waals surface area contributed by atoms with Gasteiger partial charge in [0.05, 0.1) is 66.8 Å². The van der Waals surface area contributed by atoms with Crippen LogP contribution in [-0.2, 0) is 47.5 Å². The molecule has 0 amide bonds. The molecule has 34 atom stereocenters. The number of esters is 2. The Morgan fingerprint density at radius 1 is 0.536 bits per heavy atom. The SMILES string of the molecule is COC[C@H]1O[C@@H](OC[C@]23CC[C@@H](C)[C@@](C)(O)[C@H]2C2=CC[C@@H]4[C@@]5(C)C[C@@H](O)[C@@H](OC(=O)[C@@]6(C)[C@@H]7CC[C@]8(C)[C@H](CC=C9[C@H]%10[C@](C(=O)O[C@@H]%11O[C@H](COC)[C@@H](O)[C@H](O)[C@H]%11O)(CC[C@@H](C)[C@@]%10(C)O)CC[C@]98C)[C@@]7(C)C[C@@H](O)[C@@H]6O)[C@](CO)(C(=O)O)[C@@H]5CC[C@@]4(C)[C@]2(C)CC3)[C@H](O)[C@@H](O)[C@@H]1O. The van der Waals surface area contributed by atoms with Crippen LogP contribution in [-0.4, -0.2) is 222 Å². The molecule has 10 fully saturated rings. The molecular weight excluding hydrogens is 1260 g/mol. The maximum Gasteiger partial charge on any atom is 0.316 e. The summed E-state index contributed by atoms with van der Waals surface area (Å²) in [4.78, 5) is 45.6. The lowest BCUT2D eigenvalue weighted by Crippen LogP contribution is -2.72. The zero-order chi connectivity index (χ0) is 71.1. The van der Waals surface area contributed by atoms with E-state index in [2.05, 4.69) is 46.8 Å². The Kier molecular flexibility index (Phi) is 18.8. The molecule has 12 aliphatic rings. The normalized spacial score (nSPS) is 56.2. The van der Waals surface area contributed by atoms with Crippen LogP contribution in [0.1, 0.15) is 179 Å². The first-order valence-corrected chi connectivity index (χ1v) is 36.3. The number of carboxylic acid groups (broad SMARTS) is 1. The van der Waals surface area contributed by atoms with E-state index in [4.69, 9.17) is 33.2 Å². The molecule has 97 heavy (non-hydrogen) atoms. The van der Waals surface area contributed by atoms with E-state index in [-0.39, 0.29) is 69.2 Å². The van der Waals surface area contributed by atoms with Crippen LogP contribution < -0.4 is 0 Å². The number of aliphatic hydroxyl groups is 12. The van der Waals surface area contributed by atoms with Gasteiger partial charge in [-0.2, -0.15) is 0 Å². The van der Waals surface area contributed by atoms with Gasteiger partial charge in [-0.05, 0) is 192 Å². The molecule has 0 aromatic heterocycles. The van der Waals surface area contributed by atoms with E-state index in [1.807, 2.05) is 27.7 Å². The van der Waals surface area contributed by atoms with Gasteiger partial charge in [0, 0.05) is 31.5 Å².